The molecule has 0 rings (SSSR count). The first kappa shape index (κ1) is 331. The maximum Gasteiger partial charge on any atom is 0 e. The van der Waals surface area contributed by atoms with Crippen LogP contribution >= 0.6 is 0 Å². The monoisotopic (exact) mass is 120 g/mol. The van der Waals surface area contributed by atoms with Crippen LogP contribution in [0.4, 0.5) is 0 Å². The van der Waals surface area contributed by atoms with Crippen molar-refractivity contribution in [2.24, 2.45) is 0 Å². The molecule has 4 nitrogen and oxygen atoms in total. The van der Waals surface area contributed by atoms with Crippen molar-refractivity contribution < 1.29 is 0 Å². The summed E-state index contributed by atoms with van der Waals surface area (Å²) in [6.07, 6.45) is 0. The van der Waals surface area contributed by atoms with Gasteiger partial charge in [0.2, 0.25) is 0 Å². The van der Waals surface area contributed by atoms with E-state index in [0.29, 0.717) is 0 Å². The minimum Gasteiger partial charge on any atom is -0.0776 e. The van der Waals surface area contributed by atoms with E-state index in [1.54, 1.807) is 0 Å². The Morgan fingerprint density at radius 1 is 0.375 bits per heavy atom. The third-order valence-electron chi connectivity index (χ3n) is 0. The van der Waals surface area contributed by atoms with Crippen LogP contribution in [0.25, 0.3) is 0 Å². The Morgan fingerprint density at radius 2 is 0.375 bits per heavy atom. The number of nitrogens with zero attached hydrogens (tertiary/aromatic N) is 4. The zero-order valence-corrected chi connectivity index (χ0v) is 1.79. The standard InChI is InChI=1S/4CH4.2N2/c;;;;2*1-2/h4*1H4;;. The van der Waals surface area contributed by atoms with Gasteiger partial charge in [0.05, 0.1) is 0 Å². The lowest BCUT2D eigenvalue weighted by atomic mass is 12.0. The van der Waals surface area contributed by atoms with Gasteiger partial charge in [-0.05, 0) is 0 Å². The molecule has 0 radical (unpaired) electrons. The molecule has 0 aromatic carbocycles. The molecule has 0 bridgehead atoms. The summed E-state index contributed by atoms with van der Waals surface area (Å²) in [6.45, 7) is 0. The second-order valence-corrected chi connectivity index (χ2v) is 0. The molecule has 0 atom stereocenters. The minimum atomic E-state index is 0. The molecule has 52 valence electrons. The van der Waals surface area contributed by atoms with Crippen LogP contribution < -0.4 is 0 Å². The molecule has 0 aliphatic carbocycles. The molecule has 0 amide bonds. The van der Waals surface area contributed by atoms with Crippen LogP contribution in [0, 0.1) is 21.6 Å². The highest BCUT2D eigenvalue weighted by molar-refractivity contribution is 2.51. The van der Waals surface area contributed by atoms with E-state index >= 15 is 0 Å². The van der Waals surface area contributed by atoms with E-state index in [0.717, 1.165) is 0 Å². The second kappa shape index (κ2) is 102. The smallest absolute Gasteiger partial charge is 0 e. The third kappa shape index (κ3) is 53.0. The van der Waals surface area contributed by atoms with Gasteiger partial charge in [-0.15, -0.1) is 0 Å². The topological polar surface area (TPSA) is 95.2 Å². The third-order valence-corrected chi connectivity index (χ3v) is 0. The Kier molecular flexibility index (Phi) is 4200. The van der Waals surface area contributed by atoms with Crippen LogP contribution in [0.15, 0.2) is 0 Å². The fraction of sp³-hybridized carbons (Fsp3) is 1.00. The highest BCUT2D eigenvalue weighted by Gasteiger charge is 0.579. The average Bonchev–Trinajstić information content (AvgIpc) is 1.50. The van der Waals surface area contributed by atoms with E-state index in [1.165, 1.54) is 0 Å². The number of hydrogen-bond donors (Lipinski definition) is 0. The Labute approximate surface area is 52.4 Å². The fourth-order valence-electron chi connectivity index (χ4n) is 0. The lowest BCUT2D eigenvalue weighted by molar-refractivity contribution is 1.15. The fourth-order valence-corrected chi connectivity index (χ4v) is 0. The van der Waals surface area contributed by atoms with Gasteiger partial charge in [-0.3, -0.25) is 0 Å². The zero-order chi connectivity index (χ0) is 4.00. The maximum atomic E-state index is 6.00. The zero-order valence-electron chi connectivity index (χ0n) is 1.79. The second-order valence-electron chi connectivity index (χ2n) is 0. The molecule has 0 N–H and O–H groups in total. The molecule has 0 saturated carbocycles. The van der Waals surface area contributed by atoms with Crippen molar-refractivity contribution in [3.8, 4) is 0 Å². The van der Waals surface area contributed by atoms with Gasteiger partial charge in [0, 0.05) is 21.6 Å². The molecule has 0 aromatic heterocycles. The van der Waals surface area contributed by atoms with Gasteiger partial charge in [-0.2, -0.15) is 0 Å². The van der Waals surface area contributed by atoms with E-state index in [-0.39, 0.29) is 29.7 Å². The van der Waals surface area contributed by atoms with Crippen LogP contribution in [-0.2, 0) is 0 Å². The van der Waals surface area contributed by atoms with Gasteiger partial charge in [0.15, 0.2) is 0 Å². The van der Waals surface area contributed by atoms with Crippen LogP contribution in [0.3, 0.4) is 0 Å². The van der Waals surface area contributed by atoms with Crippen molar-refractivity contribution in [3.63, 3.8) is 0 Å². The normalized spacial score (nSPS) is 0.500. The van der Waals surface area contributed by atoms with Crippen LogP contribution in [-0.4, -0.2) is 0 Å². The summed E-state index contributed by atoms with van der Waals surface area (Å²) >= 11 is 0. The largest absolute Gasteiger partial charge is 0.0776 e. The SMILES string of the molecule is C.C.C.C.N#N.N#N. The van der Waals surface area contributed by atoms with Crippen molar-refractivity contribution in [2.75, 3.05) is 0 Å². The molecular weight excluding hydrogens is 104 g/mol. The summed E-state index contributed by atoms with van der Waals surface area (Å²) in [5.74, 6) is 0. The molecule has 4 heteroatoms. The number of hydrogen-bond acceptors (Lipinski definition) is 4. The average molecular weight is 120 g/mol. The van der Waals surface area contributed by atoms with Gasteiger partial charge in [-0.1, -0.05) is 29.7 Å². The Morgan fingerprint density at radius 3 is 0.375 bits per heavy atom. The first-order valence-corrected chi connectivity index (χ1v) is 0.400. The van der Waals surface area contributed by atoms with Crippen molar-refractivity contribution in [1.82, 2.24) is 0 Å². The molecule has 0 saturated heterocycles. The van der Waals surface area contributed by atoms with Gasteiger partial charge >= 0.3 is 0 Å². The molecule has 0 heterocycles. The highest BCUT2D eigenvalue weighted by atomic mass is 14.6. The summed E-state index contributed by atoms with van der Waals surface area (Å²) in [5, 5.41) is 24.0. The Balaban J connectivity index is -0.00000000167. The lowest BCUT2D eigenvalue weighted by Gasteiger charge is -0.577. The van der Waals surface area contributed by atoms with E-state index in [9.17, 15) is 0 Å². The maximum absolute atomic E-state index is 6.00. The van der Waals surface area contributed by atoms with Gasteiger partial charge < -0.3 is 0 Å². The highest BCUT2D eigenvalue weighted by Crippen LogP contribution is 0.594. The van der Waals surface area contributed by atoms with Crippen molar-refractivity contribution in [1.29, 1.82) is 21.6 Å². The van der Waals surface area contributed by atoms with E-state index in [1.807, 2.05) is 0 Å². The summed E-state index contributed by atoms with van der Waals surface area (Å²) < 4.78 is 0. The van der Waals surface area contributed by atoms with E-state index < -0.39 is 0 Å². The molecule has 8 heavy (non-hydrogen) atoms. The molecule has 0 aromatic rings. The number of rotatable bonds is 0. The molecule has 0 aliphatic rings. The van der Waals surface area contributed by atoms with Gasteiger partial charge in [-0.25, -0.2) is 0 Å². The lowest BCUT2D eigenvalue weighted by Crippen LogP contribution is -0.562. The minimum absolute atomic E-state index is 0. The molecule has 0 spiro atoms. The van der Waals surface area contributed by atoms with Crippen molar-refractivity contribution in [2.45, 2.75) is 29.7 Å². The molecular formula is C4H16N4. The molecule has 0 fully saturated rings. The van der Waals surface area contributed by atoms with E-state index in [4.69, 9.17) is 21.6 Å². The summed E-state index contributed by atoms with van der Waals surface area (Å²) in [5.41, 5.74) is 0. The van der Waals surface area contributed by atoms with E-state index in [2.05, 4.69) is 0 Å². The summed E-state index contributed by atoms with van der Waals surface area (Å²) in [6, 6.07) is 0. The predicted octanol–water partition coefficient (Wildman–Crippen LogP) is 2.60. The Bertz CT molecular complexity index is 23.5. The first-order valence-electron chi connectivity index (χ1n) is 0.400. The van der Waals surface area contributed by atoms with Crippen LogP contribution in [0.2, 0.25) is 0 Å². The van der Waals surface area contributed by atoms with Gasteiger partial charge in [0.1, 0.15) is 0 Å². The molecule has 0 aliphatic heterocycles. The summed E-state index contributed by atoms with van der Waals surface area (Å²) in [4.78, 5) is 0. The van der Waals surface area contributed by atoms with Crippen LogP contribution in [0.1, 0.15) is 29.7 Å². The van der Waals surface area contributed by atoms with Crippen molar-refractivity contribution in [3.05, 3.63) is 0 Å². The first-order chi connectivity index (χ1) is 2.00. The summed E-state index contributed by atoms with van der Waals surface area (Å²) in [7, 11) is 0. The van der Waals surface area contributed by atoms with Crippen molar-refractivity contribution >= 4 is 0 Å². The van der Waals surface area contributed by atoms with Crippen LogP contribution in [0.5, 0.6) is 0 Å². The molecule has 0 unspecified atom stereocenters. The quantitative estimate of drug-likeness (QED) is 0.459. The predicted molar refractivity (Wildman–Crippen MR) is 33.8 cm³/mol. The van der Waals surface area contributed by atoms with Gasteiger partial charge in [0.25, 0.3) is 0 Å². The Hall–Kier alpha value is -1.16.